The van der Waals surface area contributed by atoms with Crippen molar-refractivity contribution in [3.63, 3.8) is 0 Å². The Kier molecular flexibility index (Phi) is 3.65. The Morgan fingerprint density at radius 3 is 2.57 bits per heavy atom. The molecule has 2 nitrogen and oxygen atoms in total. The standard InChI is InChI=1S/C3H3N2S.Na/c4-3-5-1-2-6-3;/h1-2H,(H-,4,5);/q-1;+1. The molecular formula is C3H3N2NaS. The normalized spacial score (nSPS) is 7.43. The van der Waals surface area contributed by atoms with E-state index in [1.54, 1.807) is 11.6 Å². The molecule has 0 atom stereocenters. The van der Waals surface area contributed by atoms with Crippen molar-refractivity contribution < 1.29 is 29.6 Å². The van der Waals surface area contributed by atoms with Crippen LogP contribution in [0.5, 0.6) is 0 Å². The Hall–Kier alpha value is 0.430. The van der Waals surface area contributed by atoms with E-state index < -0.39 is 0 Å². The van der Waals surface area contributed by atoms with Crippen molar-refractivity contribution in [2.75, 3.05) is 0 Å². The van der Waals surface area contributed by atoms with Crippen LogP contribution in [0.2, 0.25) is 0 Å². The van der Waals surface area contributed by atoms with E-state index in [-0.39, 0.29) is 29.6 Å². The average Bonchev–Trinajstić information content (AvgIpc) is 1.86. The summed E-state index contributed by atoms with van der Waals surface area (Å²) in [6.07, 6.45) is 1.62. The van der Waals surface area contributed by atoms with Crippen LogP contribution in [0.1, 0.15) is 0 Å². The van der Waals surface area contributed by atoms with Crippen LogP contribution in [0.25, 0.3) is 5.73 Å². The zero-order valence-electron chi connectivity index (χ0n) is 4.01. The second-order valence-electron chi connectivity index (χ2n) is 0.837. The molecule has 0 aliphatic carbocycles. The van der Waals surface area contributed by atoms with Crippen LogP contribution in [-0.2, 0) is 0 Å². The number of nitrogens with one attached hydrogen (secondary N) is 1. The van der Waals surface area contributed by atoms with Gasteiger partial charge in [-0.05, 0) is 10.5 Å². The van der Waals surface area contributed by atoms with E-state index in [9.17, 15) is 0 Å². The van der Waals surface area contributed by atoms with Gasteiger partial charge in [0.25, 0.3) is 0 Å². The van der Waals surface area contributed by atoms with Gasteiger partial charge in [0, 0.05) is 0 Å². The molecule has 1 N–H and O–H groups in total. The molecule has 0 fully saturated rings. The number of hydrogen-bond donors (Lipinski definition) is 0. The third kappa shape index (κ3) is 2.29. The maximum Gasteiger partial charge on any atom is 1.00 e. The van der Waals surface area contributed by atoms with E-state index in [0.717, 1.165) is 0 Å². The summed E-state index contributed by atoms with van der Waals surface area (Å²) in [5.41, 5.74) is 6.78. The summed E-state index contributed by atoms with van der Waals surface area (Å²) in [5.74, 6) is 0. The van der Waals surface area contributed by atoms with Gasteiger partial charge in [0.05, 0.1) is 0 Å². The van der Waals surface area contributed by atoms with Crippen LogP contribution in [0, 0.1) is 0 Å². The predicted octanol–water partition coefficient (Wildman–Crippen LogP) is -1.17. The Balaban J connectivity index is 0.000000360. The first kappa shape index (κ1) is 7.43. The Morgan fingerprint density at radius 2 is 2.43 bits per heavy atom. The molecule has 1 aromatic rings. The number of hydrogen-bond acceptors (Lipinski definition) is 2. The fourth-order valence-electron chi connectivity index (χ4n) is 0.223. The zero-order chi connectivity index (χ0) is 4.41. The molecule has 0 radical (unpaired) electrons. The molecule has 0 amide bonds. The molecule has 0 aromatic carbocycles. The molecule has 0 unspecified atom stereocenters. The van der Waals surface area contributed by atoms with Gasteiger partial charge in [-0.25, -0.2) is 0 Å². The van der Waals surface area contributed by atoms with Crippen LogP contribution >= 0.6 is 11.3 Å². The molecular weight excluding hydrogens is 119 g/mol. The van der Waals surface area contributed by atoms with Crippen molar-refractivity contribution in [2.45, 2.75) is 0 Å². The minimum atomic E-state index is 0. The Bertz CT molecular complexity index is 116. The summed E-state index contributed by atoms with van der Waals surface area (Å²) < 4.78 is 0. The van der Waals surface area contributed by atoms with Crippen molar-refractivity contribution in [3.8, 4) is 0 Å². The van der Waals surface area contributed by atoms with Gasteiger partial charge in [0.15, 0.2) is 0 Å². The van der Waals surface area contributed by atoms with Crippen LogP contribution in [-0.4, -0.2) is 4.98 Å². The number of thiazole rings is 1. The van der Waals surface area contributed by atoms with Gasteiger partial charge in [0.1, 0.15) is 0 Å². The molecule has 0 spiro atoms. The van der Waals surface area contributed by atoms with Crippen molar-refractivity contribution in [3.05, 3.63) is 17.3 Å². The number of aromatic nitrogens is 1. The largest absolute Gasteiger partial charge is 1.00 e. The summed E-state index contributed by atoms with van der Waals surface area (Å²) in [7, 11) is 0. The molecule has 0 saturated heterocycles. The van der Waals surface area contributed by atoms with Crippen molar-refractivity contribution in [1.29, 1.82) is 0 Å². The Labute approximate surface area is 68.0 Å². The first-order valence-electron chi connectivity index (χ1n) is 1.50. The van der Waals surface area contributed by atoms with Crippen LogP contribution in [0.3, 0.4) is 0 Å². The topological polar surface area (TPSA) is 36.7 Å². The maximum atomic E-state index is 6.78. The second-order valence-corrected chi connectivity index (χ2v) is 1.73. The van der Waals surface area contributed by atoms with Gasteiger partial charge >= 0.3 is 29.6 Å². The van der Waals surface area contributed by atoms with E-state index >= 15 is 0 Å². The average molecular weight is 122 g/mol. The van der Waals surface area contributed by atoms with Crippen LogP contribution in [0.4, 0.5) is 5.13 Å². The summed E-state index contributed by atoms with van der Waals surface area (Å²) in [6.45, 7) is 0. The molecule has 1 aromatic heterocycles. The van der Waals surface area contributed by atoms with Gasteiger partial charge in [-0.3, -0.25) is 0 Å². The summed E-state index contributed by atoms with van der Waals surface area (Å²) in [5, 5.41) is 2.16. The van der Waals surface area contributed by atoms with E-state index in [4.69, 9.17) is 5.73 Å². The molecule has 0 aliphatic rings. The molecule has 1 heterocycles. The van der Waals surface area contributed by atoms with E-state index in [1.807, 2.05) is 0 Å². The van der Waals surface area contributed by atoms with Gasteiger partial charge in [0.2, 0.25) is 0 Å². The minimum absolute atomic E-state index is 0. The molecule has 0 aliphatic heterocycles. The fraction of sp³-hybridized carbons (Fsp3) is 0. The van der Waals surface area contributed by atoms with Gasteiger partial charge in [-0.15, -0.1) is 0 Å². The van der Waals surface area contributed by atoms with Gasteiger partial charge in [-0.1, -0.05) is 6.20 Å². The molecule has 4 heteroatoms. The molecule has 0 saturated carbocycles. The van der Waals surface area contributed by atoms with Crippen LogP contribution in [0.15, 0.2) is 11.6 Å². The molecule has 0 bridgehead atoms. The van der Waals surface area contributed by atoms with E-state index in [1.165, 1.54) is 11.3 Å². The fourth-order valence-corrected chi connectivity index (χ4v) is 0.596. The summed E-state index contributed by atoms with van der Waals surface area (Å²) in [6, 6.07) is 0. The third-order valence-corrected chi connectivity index (χ3v) is 1.02. The minimum Gasteiger partial charge on any atom is -0.473 e. The molecule has 1 rings (SSSR count). The SMILES string of the molecule is [NH-]c1nccs1.[Na+]. The van der Waals surface area contributed by atoms with Crippen molar-refractivity contribution in [1.82, 2.24) is 4.98 Å². The maximum absolute atomic E-state index is 6.78. The van der Waals surface area contributed by atoms with Gasteiger partial charge < -0.3 is 10.7 Å². The predicted molar refractivity (Wildman–Crippen MR) is 26.1 cm³/mol. The third-order valence-electron chi connectivity index (χ3n) is 0.432. The Morgan fingerprint density at radius 1 is 1.71 bits per heavy atom. The van der Waals surface area contributed by atoms with E-state index in [0.29, 0.717) is 5.13 Å². The van der Waals surface area contributed by atoms with Gasteiger partial charge in [-0.2, -0.15) is 11.3 Å². The van der Waals surface area contributed by atoms with Crippen molar-refractivity contribution in [2.24, 2.45) is 0 Å². The zero-order valence-corrected chi connectivity index (χ0v) is 6.83. The van der Waals surface area contributed by atoms with E-state index in [2.05, 4.69) is 4.98 Å². The second kappa shape index (κ2) is 3.43. The van der Waals surface area contributed by atoms with Crippen molar-refractivity contribution >= 4 is 16.5 Å². The summed E-state index contributed by atoms with van der Waals surface area (Å²) >= 11 is 1.33. The first-order chi connectivity index (χ1) is 2.89. The summed E-state index contributed by atoms with van der Waals surface area (Å²) in [4.78, 5) is 3.60. The monoisotopic (exact) mass is 122 g/mol. The first-order valence-corrected chi connectivity index (χ1v) is 2.38. The number of nitrogens with zero attached hydrogens (tertiary/aromatic N) is 1. The number of rotatable bonds is 0. The smallest absolute Gasteiger partial charge is 0.473 e. The quantitative estimate of drug-likeness (QED) is 0.399. The van der Waals surface area contributed by atoms with Crippen LogP contribution < -0.4 is 29.6 Å². The molecule has 7 heavy (non-hydrogen) atoms. The molecule has 32 valence electrons.